The van der Waals surface area contributed by atoms with Crippen LogP contribution < -0.4 is 14.8 Å². The first kappa shape index (κ1) is 13.5. The summed E-state index contributed by atoms with van der Waals surface area (Å²) < 4.78 is 12.4. The number of para-hydroxylation sites is 1. The molecule has 1 heterocycles. The van der Waals surface area contributed by atoms with Gasteiger partial charge in [-0.1, -0.05) is 18.2 Å². The Labute approximate surface area is 132 Å². The molecule has 1 aliphatic rings. The van der Waals surface area contributed by atoms with Crippen molar-refractivity contribution in [2.45, 2.75) is 13.0 Å². The van der Waals surface area contributed by atoms with Gasteiger partial charge in [0.15, 0.2) is 11.5 Å². The quantitative estimate of drug-likeness (QED) is 0.808. The Hall–Kier alpha value is -1.43. The van der Waals surface area contributed by atoms with Crippen molar-refractivity contribution in [1.29, 1.82) is 0 Å². The molecule has 3 rings (SSSR count). The number of ether oxygens (including phenoxy) is 2. The van der Waals surface area contributed by atoms with Gasteiger partial charge in [0.2, 0.25) is 0 Å². The molecule has 2 aromatic rings. The monoisotopic (exact) mass is 381 g/mol. The molecule has 0 bridgehead atoms. The van der Waals surface area contributed by atoms with Gasteiger partial charge in [0.05, 0.1) is 0 Å². The Balaban J connectivity index is 1.80. The van der Waals surface area contributed by atoms with Crippen LogP contribution in [0.4, 0.5) is 5.69 Å². The van der Waals surface area contributed by atoms with Crippen LogP contribution in [0.1, 0.15) is 18.5 Å². The average Bonchev–Trinajstić information content (AvgIpc) is 2.49. The first-order valence-corrected chi connectivity index (χ1v) is 7.72. The fourth-order valence-electron chi connectivity index (χ4n) is 2.22. The van der Waals surface area contributed by atoms with Crippen molar-refractivity contribution in [1.82, 2.24) is 0 Å². The van der Waals surface area contributed by atoms with Crippen LogP contribution in [0.15, 0.2) is 42.5 Å². The minimum absolute atomic E-state index is 0.210. The third kappa shape index (κ3) is 2.85. The number of hydrogen-bond acceptors (Lipinski definition) is 3. The van der Waals surface area contributed by atoms with E-state index in [1.807, 2.05) is 18.2 Å². The maximum absolute atomic E-state index is 5.63. The molecule has 1 atom stereocenters. The van der Waals surface area contributed by atoms with Crippen LogP contribution in [0.3, 0.4) is 0 Å². The molecule has 1 N–H and O–H groups in total. The molecule has 104 valence electrons. The molecule has 0 saturated heterocycles. The SMILES string of the molecule is CC(Nc1ccccc1I)c1ccc2c(c1)OCCO2. The lowest BCUT2D eigenvalue weighted by atomic mass is 10.1. The van der Waals surface area contributed by atoms with Gasteiger partial charge >= 0.3 is 0 Å². The summed E-state index contributed by atoms with van der Waals surface area (Å²) in [5.74, 6) is 1.67. The zero-order chi connectivity index (χ0) is 13.9. The van der Waals surface area contributed by atoms with E-state index in [0.29, 0.717) is 13.2 Å². The van der Waals surface area contributed by atoms with Crippen LogP contribution in [-0.4, -0.2) is 13.2 Å². The number of nitrogens with one attached hydrogen (secondary N) is 1. The fraction of sp³-hybridized carbons (Fsp3) is 0.250. The van der Waals surface area contributed by atoms with Crippen LogP contribution in [0.5, 0.6) is 11.5 Å². The maximum Gasteiger partial charge on any atom is 0.161 e. The van der Waals surface area contributed by atoms with Crippen LogP contribution in [0, 0.1) is 3.57 Å². The highest BCUT2D eigenvalue weighted by atomic mass is 127. The van der Waals surface area contributed by atoms with E-state index in [1.165, 1.54) is 9.13 Å². The van der Waals surface area contributed by atoms with Crippen molar-refractivity contribution >= 4 is 28.3 Å². The van der Waals surface area contributed by atoms with Crippen LogP contribution in [0.2, 0.25) is 0 Å². The van der Waals surface area contributed by atoms with Gasteiger partial charge in [0.25, 0.3) is 0 Å². The lowest BCUT2D eigenvalue weighted by molar-refractivity contribution is 0.171. The van der Waals surface area contributed by atoms with Gasteiger partial charge in [0, 0.05) is 15.3 Å². The van der Waals surface area contributed by atoms with E-state index in [-0.39, 0.29) is 6.04 Å². The largest absolute Gasteiger partial charge is 0.486 e. The molecule has 2 aromatic carbocycles. The number of benzene rings is 2. The van der Waals surface area contributed by atoms with E-state index in [1.54, 1.807) is 0 Å². The van der Waals surface area contributed by atoms with Gasteiger partial charge in [-0.25, -0.2) is 0 Å². The van der Waals surface area contributed by atoms with Gasteiger partial charge < -0.3 is 14.8 Å². The van der Waals surface area contributed by atoms with E-state index < -0.39 is 0 Å². The highest BCUT2D eigenvalue weighted by molar-refractivity contribution is 14.1. The van der Waals surface area contributed by atoms with E-state index in [0.717, 1.165) is 17.2 Å². The predicted octanol–water partition coefficient (Wildman–Crippen LogP) is 4.24. The zero-order valence-corrected chi connectivity index (χ0v) is 13.4. The minimum Gasteiger partial charge on any atom is -0.486 e. The Bertz CT molecular complexity index is 615. The molecule has 0 saturated carbocycles. The van der Waals surface area contributed by atoms with Crippen molar-refractivity contribution in [3.8, 4) is 11.5 Å². The number of hydrogen-bond donors (Lipinski definition) is 1. The minimum atomic E-state index is 0.210. The summed E-state index contributed by atoms with van der Waals surface area (Å²) in [6.07, 6.45) is 0. The van der Waals surface area contributed by atoms with Gasteiger partial charge in [-0.2, -0.15) is 0 Å². The molecule has 0 spiro atoms. The normalized spacial score (nSPS) is 14.7. The van der Waals surface area contributed by atoms with Crippen LogP contribution in [0.25, 0.3) is 0 Å². The molecule has 0 aromatic heterocycles. The van der Waals surface area contributed by atoms with E-state index in [2.05, 4.69) is 59.1 Å². The molecule has 20 heavy (non-hydrogen) atoms. The Morgan fingerprint density at radius 3 is 2.60 bits per heavy atom. The summed E-state index contributed by atoms with van der Waals surface area (Å²) in [6.45, 7) is 3.39. The smallest absolute Gasteiger partial charge is 0.161 e. The molecule has 0 fully saturated rings. The highest BCUT2D eigenvalue weighted by Crippen LogP contribution is 2.33. The zero-order valence-electron chi connectivity index (χ0n) is 11.2. The standard InChI is InChI=1S/C16H16INO2/c1-11(18-14-5-3-2-4-13(14)17)12-6-7-15-16(10-12)20-9-8-19-15/h2-7,10-11,18H,8-9H2,1H3. The summed E-state index contributed by atoms with van der Waals surface area (Å²) in [7, 11) is 0. The summed E-state index contributed by atoms with van der Waals surface area (Å²) in [4.78, 5) is 0. The van der Waals surface area contributed by atoms with E-state index >= 15 is 0 Å². The summed E-state index contributed by atoms with van der Waals surface area (Å²) in [6, 6.07) is 14.6. The molecule has 0 amide bonds. The third-order valence-corrected chi connectivity index (χ3v) is 4.25. The Morgan fingerprint density at radius 2 is 1.80 bits per heavy atom. The molecule has 0 aliphatic carbocycles. The maximum atomic E-state index is 5.63. The third-order valence-electron chi connectivity index (χ3n) is 3.31. The van der Waals surface area contributed by atoms with Crippen molar-refractivity contribution in [2.75, 3.05) is 18.5 Å². The average molecular weight is 381 g/mol. The first-order valence-electron chi connectivity index (χ1n) is 6.64. The summed E-state index contributed by atoms with van der Waals surface area (Å²) in [5, 5.41) is 3.53. The van der Waals surface area contributed by atoms with Gasteiger partial charge in [-0.15, -0.1) is 0 Å². The topological polar surface area (TPSA) is 30.5 Å². The number of fused-ring (bicyclic) bond motifs is 1. The molecule has 1 unspecified atom stereocenters. The fourth-order valence-corrected chi connectivity index (χ4v) is 2.77. The second-order valence-corrected chi connectivity index (χ2v) is 5.91. The van der Waals surface area contributed by atoms with Gasteiger partial charge in [0.1, 0.15) is 13.2 Å². The van der Waals surface area contributed by atoms with Crippen molar-refractivity contribution in [3.63, 3.8) is 0 Å². The second-order valence-electron chi connectivity index (χ2n) is 4.75. The Kier molecular flexibility index (Phi) is 4.00. The molecular formula is C16H16INO2. The Morgan fingerprint density at radius 1 is 1.05 bits per heavy atom. The number of rotatable bonds is 3. The first-order chi connectivity index (χ1) is 9.74. The van der Waals surface area contributed by atoms with Crippen molar-refractivity contribution < 1.29 is 9.47 Å². The van der Waals surface area contributed by atoms with Crippen LogP contribution >= 0.6 is 22.6 Å². The summed E-state index contributed by atoms with van der Waals surface area (Å²) in [5.41, 5.74) is 2.34. The molecule has 1 aliphatic heterocycles. The van der Waals surface area contributed by atoms with Crippen molar-refractivity contribution in [3.05, 3.63) is 51.6 Å². The van der Waals surface area contributed by atoms with Crippen LogP contribution in [-0.2, 0) is 0 Å². The molecule has 4 heteroatoms. The number of anilines is 1. The van der Waals surface area contributed by atoms with Gasteiger partial charge in [-0.05, 0) is 59.3 Å². The predicted molar refractivity (Wildman–Crippen MR) is 88.6 cm³/mol. The second kappa shape index (κ2) is 5.91. The molecule has 3 nitrogen and oxygen atoms in total. The van der Waals surface area contributed by atoms with Crippen molar-refractivity contribution in [2.24, 2.45) is 0 Å². The lowest BCUT2D eigenvalue weighted by Gasteiger charge is -2.22. The molecular weight excluding hydrogens is 365 g/mol. The van der Waals surface area contributed by atoms with Gasteiger partial charge in [-0.3, -0.25) is 0 Å². The highest BCUT2D eigenvalue weighted by Gasteiger charge is 2.14. The summed E-state index contributed by atoms with van der Waals surface area (Å²) >= 11 is 2.34. The van der Waals surface area contributed by atoms with E-state index in [4.69, 9.17) is 9.47 Å². The number of halogens is 1. The lowest BCUT2D eigenvalue weighted by Crippen LogP contribution is -2.16. The molecule has 0 radical (unpaired) electrons. The van der Waals surface area contributed by atoms with E-state index in [9.17, 15) is 0 Å².